The molecule has 1 aliphatic heterocycles. The van der Waals surface area contributed by atoms with Crippen molar-refractivity contribution in [2.75, 3.05) is 18.3 Å². The number of hydrogen-bond acceptors (Lipinski definition) is 4. The lowest BCUT2D eigenvalue weighted by Gasteiger charge is -2.25. The Morgan fingerprint density at radius 3 is 2.62 bits per heavy atom. The number of aromatic carboxylic acids is 1. The van der Waals surface area contributed by atoms with Crippen molar-refractivity contribution < 1.29 is 23.1 Å². The van der Waals surface area contributed by atoms with E-state index in [2.05, 4.69) is 4.72 Å². The third-order valence-corrected chi connectivity index (χ3v) is 5.98. The minimum atomic E-state index is -4.01. The number of carbonyl (C=O) groups is 2. The molecular formula is C17H15ClN2O5S. The first-order valence-electron chi connectivity index (χ1n) is 7.63. The average molecular weight is 395 g/mol. The number of benzene rings is 2. The van der Waals surface area contributed by atoms with Gasteiger partial charge in [0.2, 0.25) is 0 Å². The highest BCUT2D eigenvalue weighted by atomic mass is 35.5. The van der Waals surface area contributed by atoms with Gasteiger partial charge in [-0.3, -0.25) is 9.52 Å². The van der Waals surface area contributed by atoms with Crippen molar-refractivity contribution in [2.45, 2.75) is 11.3 Å². The maximum Gasteiger partial charge on any atom is 0.335 e. The number of fused-ring (bicyclic) bond motifs is 1. The van der Waals surface area contributed by atoms with Gasteiger partial charge < -0.3 is 10.0 Å². The zero-order valence-corrected chi connectivity index (χ0v) is 15.3. The van der Waals surface area contributed by atoms with Crippen molar-refractivity contribution in [3.63, 3.8) is 0 Å². The van der Waals surface area contributed by atoms with Gasteiger partial charge in [0, 0.05) is 24.8 Å². The van der Waals surface area contributed by atoms with E-state index in [4.69, 9.17) is 16.7 Å². The summed E-state index contributed by atoms with van der Waals surface area (Å²) >= 11 is 5.94. The molecule has 0 aliphatic carbocycles. The van der Waals surface area contributed by atoms with E-state index in [0.717, 1.165) is 17.7 Å². The lowest BCUT2D eigenvalue weighted by molar-refractivity contribution is 0.0696. The number of anilines is 1. The van der Waals surface area contributed by atoms with E-state index in [1.54, 1.807) is 24.1 Å². The van der Waals surface area contributed by atoms with E-state index in [0.29, 0.717) is 24.2 Å². The first kappa shape index (κ1) is 18.2. The van der Waals surface area contributed by atoms with E-state index in [1.807, 2.05) is 0 Å². The highest BCUT2D eigenvalue weighted by molar-refractivity contribution is 7.92. The number of hydrogen-bond donors (Lipinski definition) is 2. The molecule has 0 fully saturated rings. The standard InChI is InChI=1S/C17H15ClN2O5S/c1-20-7-6-10-8-12(3-4-13(10)16(20)21)19-26(24,25)15-5-2-11(17(22)23)9-14(15)18/h2-5,8-9,19H,6-7H2,1H3,(H,22,23). The molecule has 1 amide bonds. The van der Waals surface area contributed by atoms with E-state index in [9.17, 15) is 18.0 Å². The highest BCUT2D eigenvalue weighted by Gasteiger charge is 2.23. The van der Waals surface area contributed by atoms with Crippen LogP contribution in [0, 0.1) is 0 Å². The molecule has 1 heterocycles. The predicted molar refractivity (Wildman–Crippen MR) is 96.3 cm³/mol. The Morgan fingerprint density at radius 2 is 1.96 bits per heavy atom. The minimum absolute atomic E-state index is 0.104. The summed E-state index contributed by atoms with van der Waals surface area (Å²) in [5.41, 5.74) is 1.51. The van der Waals surface area contributed by atoms with Gasteiger partial charge >= 0.3 is 5.97 Å². The smallest absolute Gasteiger partial charge is 0.335 e. The molecule has 2 N–H and O–H groups in total. The Hall–Kier alpha value is -2.58. The molecule has 136 valence electrons. The summed E-state index contributed by atoms with van der Waals surface area (Å²) in [5.74, 6) is -1.30. The van der Waals surface area contributed by atoms with Crippen LogP contribution in [0.1, 0.15) is 26.3 Å². The first-order chi connectivity index (χ1) is 12.2. The van der Waals surface area contributed by atoms with Gasteiger partial charge in [-0.25, -0.2) is 13.2 Å². The predicted octanol–water partition coefficient (Wildman–Crippen LogP) is 2.47. The van der Waals surface area contributed by atoms with Crippen LogP contribution in [0.3, 0.4) is 0 Å². The molecule has 2 aromatic carbocycles. The van der Waals surface area contributed by atoms with Crippen LogP contribution in [0.2, 0.25) is 5.02 Å². The maximum absolute atomic E-state index is 12.6. The molecular weight excluding hydrogens is 380 g/mol. The Morgan fingerprint density at radius 1 is 1.23 bits per heavy atom. The van der Waals surface area contributed by atoms with Crippen LogP contribution in [-0.4, -0.2) is 43.9 Å². The quantitative estimate of drug-likeness (QED) is 0.829. The van der Waals surface area contributed by atoms with Crippen LogP contribution in [0.4, 0.5) is 5.69 Å². The number of halogens is 1. The Kier molecular flexibility index (Phi) is 4.64. The summed E-state index contributed by atoms with van der Waals surface area (Å²) in [4.78, 5) is 24.4. The summed E-state index contributed by atoms with van der Waals surface area (Å²) in [5, 5.41) is 8.75. The summed E-state index contributed by atoms with van der Waals surface area (Å²) in [6.45, 7) is 0.560. The molecule has 0 aromatic heterocycles. The normalized spacial score (nSPS) is 14.1. The number of carboxylic acids is 1. The van der Waals surface area contributed by atoms with Crippen LogP contribution >= 0.6 is 11.6 Å². The molecule has 0 saturated carbocycles. The van der Waals surface area contributed by atoms with Crippen LogP contribution in [0.25, 0.3) is 0 Å². The molecule has 0 unspecified atom stereocenters. The minimum Gasteiger partial charge on any atom is -0.478 e. The molecule has 0 radical (unpaired) electrons. The Labute approximate surface area is 155 Å². The summed E-state index contributed by atoms with van der Waals surface area (Å²) < 4.78 is 27.6. The number of likely N-dealkylation sites (N-methyl/N-ethyl adjacent to an activating group) is 1. The molecule has 3 rings (SSSR count). The van der Waals surface area contributed by atoms with Crippen LogP contribution in [0.15, 0.2) is 41.3 Å². The fourth-order valence-corrected chi connectivity index (χ4v) is 4.33. The number of carboxylic acid groups (broad SMARTS) is 1. The number of nitrogens with one attached hydrogen (secondary N) is 1. The largest absolute Gasteiger partial charge is 0.478 e. The van der Waals surface area contributed by atoms with Gasteiger partial charge in [0.25, 0.3) is 15.9 Å². The van der Waals surface area contributed by atoms with Gasteiger partial charge in [0.05, 0.1) is 10.6 Å². The molecule has 0 atom stereocenters. The van der Waals surface area contributed by atoms with Crippen molar-refractivity contribution in [1.82, 2.24) is 4.90 Å². The van der Waals surface area contributed by atoms with E-state index >= 15 is 0 Å². The zero-order valence-electron chi connectivity index (χ0n) is 13.7. The number of amides is 1. The molecule has 7 nitrogen and oxygen atoms in total. The van der Waals surface area contributed by atoms with Crippen LogP contribution in [-0.2, 0) is 16.4 Å². The third kappa shape index (κ3) is 3.38. The number of sulfonamides is 1. The Bertz CT molecular complexity index is 1020. The van der Waals surface area contributed by atoms with Crippen LogP contribution in [0.5, 0.6) is 0 Å². The van der Waals surface area contributed by atoms with Gasteiger partial charge in [-0.2, -0.15) is 0 Å². The highest BCUT2D eigenvalue weighted by Crippen LogP contribution is 2.27. The first-order valence-corrected chi connectivity index (χ1v) is 9.49. The van der Waals surface area contributed by atoms with E-state index in [1.165, 1.54) is 12.1 Å². The zero-order chi connectivity index (χ0) is 19.1. The average Bonchev–Trinajstić information content (AvgIpc) is 2.57. The summed E-state index contributed by atoms with van der Waals surface area (Å²) in [6, 6.07) is 8.11. The molecule has 0 spiro atoms. The van der Waals surface area contributed by atoms with Crippen LogP contribution < -0.4 is 4.72 Å². The topological polar surface area (TPSA) is 104 Å². The van der Waals surface area contributed by atoms with E-state index in [-0.39, 0.29) is 21.4 Å². The van der Waals surface area contributed by atoms with Crippen molar-refractivity contribution >= 4 is 39.2 Å². The maximum atomic E-state index is 12.6. The van der Waals surface area contributed by atoms with Crippen molar-refractivity contribution in [1.29, 1.82) is 0 Å². The van der Waals surface area contributed by atoms with Gasteiger partial charge in [-0.05, 0) is 48.4 Å². The lowest BCUT2D eigenvalue weighted by atomic mass is 9.99. The fourth-order valence-electron chi connectivity index (χ4n) is 2.73. The molecule has 2 aromatic rings. The molecule has 9 heteroatoms. The second kappa shape index (κ2) is 6.62. The van der Waals surface area contributed by atoms with Gasteiger partial charge in [0.15, 0.2) is 0 Å². The van der Waals surface area contributed by atoms with Crippen molar-refractivity contribution in [2.24, 2.45) is 0 Å². The molecule has 1 aliphatic rings. The second-order valence-corrected chi connectivity index (χ2v) is 7.96. The number of rotatable bonds is 4. The molecule has 0 bridgehead atoms. The summed E-state index contributed by atoms with van der Waals surface area (Å²) in [7, 11) is -2.29. The Balaban J connectivity index is 1.91. The van der Waals surface area contributed by atoms with E-state index < -0.39 is 16.0 Å². The second-order valence-electron chi connectivity index (χ2n) is 5.90. The SMILES string of the molecule is CN1CCc2cc(NS(=O)(=O)c3ccc(C(=O)O)cc3Cl)ccc2C1=O. The van der Waals surface area contributed by atoms with Crippen molar-refractivity contribution in [3.05, 3.63) is 58.1 Å². The van der Waals surface area contributed by atoms with Gasteiger partial charge in [-0.15, -0.1) is 0 Å². The van der Waals surface area contributed by atoms with Crippen molar-refractivity contribution in [3.8, 4) is 0 Å². The van der Waals surface area contributed by atoms with Gasteiger partial charge in [-0.1, -0.05) is 11.6 Å². The monoisotopic (exact) mass is 394 g/mol. The van der Waals surface area contributed by atoms with Gasteiger partial charge in [0.1, 0.15) is 4.90 Å². The summed E-state index contributed by atoms with van der Waals surface area (Å²) in [6.07, 6.45) is 0.626. The lowest BCUT2D eigenvalue weighted by Crippen LogP contribution is -2.34. The number of carbonyl (C=O) groups excluding carboxylic acids is 1. The molecule has 0 saturated heterocycles. The fraction of sp³-hybridized carbons (Fsp3) is 0.176. The number of nitrogens with zero attached hydrogens (tertiary/aromatic N) is 1. The third-order valence-electron chi connectivity index (χ3n) is 4.12. The molecule has 26 heavy (non-hydrogen) atoms.